The van der Waals surface area contributed by atoms with Gasteiger partial charge in [-0.05, 0) is 31.5 Å². The molecule has 0 fully saturated rings. The summed E-state index contributed by atoms with van der Waals surface area (Å²) in [6, 6.07) is 4.16. The second-order valence-corrected chi connectivity index (χ2v) is 5.03. The molecular weight excluding hydrogens is 291 g/mol. The lowest BCUT2D eigenvalue weighted by Gasteiger charge is -2.31. The van der Waals surface area contributed by atoms with Crippen molar-refractivity contribution in [1.29, 1.82) is 0 Å². The summed E-state index contributed by atoms with van der Waals surface area (Å²) in [4.78, 5) is 1.68. The Morgan fingerprint density at radius 1 is 1.30 bits per heavy atom. The van der Waals surface area contributed by atoms with Crippen molar-refractivity contribution in [3.05, 3.63) is 29.3 Å². The number of nitrogens with zero attached hydrogens (tertiary/aromatic N) is 1. The smallest absolute Gasteiger partial charge is 0.383 e. The third-order valence-electron chi connectivity index (χ3n) is 2.99. The van der Waals surface area contributed by atoms with E-state index >= 15 is 0 Å². The quantitative estimate of drug-likeness (QED) is 0.726. The SMILES string of the molecule is COCCN(c1ccc(CCl)cc1C(F)(F)F)C(C)C. The molecule has 0 aromatic heterocycles. The molecule has 0 heterocycles. The van der Waals surface area contributed by atoms with E-state index in [-0.39, 0.29) is 17.6 Å². The van der Waals surface area contributed by atoms with Crippen molar-refractivity contribution in [2.45, 2.75) is 31.9 Å². The van der Waals surface area contributed by atoms with Gasteiger partial charge in [0, 0.05) is 31.3 Å². The average Bonchev–Trinajstić information content (AvgIpc) is 2.37. The molecule has 6 heteroatoms. The second kappa shape index (κ2) is 7.18. The van der Waals surface area contributed by atoms with E-state index in [1.807, 2.05) is 13.8 Å². The summed E-state index contributed by atoms with van der Waals surface area (Å²) in [5, 5.41) is 0. The molecule has 0 aliphatic heterocycles. The molecule has 114 valence electrons. The zero-order valence-electron chi connectivity index (χ0n) is 11.8. The van der Waals surface area contributed by atoms with E-state index in [4.69, 9.17) is 16.3 Å². The Labute approximate surface area is 122 Å². The minimum Gasteiger partial charge on any atom is -0.383 e. The lowest BCUT2D eigenvalue weighted by Crippen LogP contribution is -2.35. The van der Waals surface area contributed by atoms with Crippen molar-refractivity contribution in [3.63, 3.8) is 0 Å². The number of ether oxygens (including phenoxy) is 1. The summed E-state index contributed by atoms with van der Waals surface area (Å²) in [5.74, 6) is 0.0586. The summed E-state index contributed by atoms with van der Waals surface area (Å²) in [6.45, 7) is 4.47. The first-order valence-corrected chi connectivity index (χ1v) is 6.86. The van der Waals surface area contributed by atoms with E-state index in [9.17, 15) is 13.2 Å². The molecule has 20 heavy (non-hydrogen) atoms. The lowest BCUT2D eigenvalue weighted by molar-refractivity contribution is -0.137. The highest BCUT2D eigenvalue weighted by Gasteiger charge is 2.35. The highest BCUT2D eigenvalue weighted by molar-refractivity contribution is 6.17. The Hall–Kier alpha value is -0.940. The maximum Gasteiger partial charge on any atom is 0.418 e. The number of methoxy groups -OCH3 is 1. The molecule has 0 radical (unpaired) electrons. The van der Waals surface area contributed by atoms with Gasteiger partial charge in [0.05, 0.1) is 12.2 Å². The Balaban J connectivity index is 3.26. The molecule has 0 amide bonds. The summed E-state index contributed by atoms with van der Waals surface area (Å²) in [5.41, 5.74) is -0.0305. The van der Waals surface area contributed by atoms with Crippen LogP contribution in [0.1, 0.15) is 25.0 Å². The van der Waals surface area contributed by atoms with Crippen LogP contribution in [0.25, 0.3) is 0 Å². The van der Waals surface area contributed by atoms with Gasteiger partial charge in [-0.15, -0.1) is 11.6 Å². The van der Waals surface area contributed by atoms with Gasteiger partial charge in [0.15, 0.2) is 0 Å². The first-order valence-electron chi connectivity index (χ1n) is 6.33. The molecule has 1 rings (SSSR count). The maximum absolute atomic E-state index is 13.2. The summed E-state index contributed by atoms with van der Waals surface area (Å²) in [6.07, 6.45) is -4.41. The predicted octanol–water partition coefficient (Wildman–Crippen LogP) is 4.31. The number of hydrogen-bond acceptors (Lipinski definition) is 2. The highest BCUT2D eigenvalue weighted by atomic mass is 35.5. The Kier molecular flexibility index (Phi) is 6.14. The first-order chi connectivity index (χ1) is 9.31. The van der Waals surface area contributed by atoms with Crippen LogP contribution in [-0.4, -0.2) is 26.3 Å². The van der Waals surface area contributed by atoms with Crippen molar-refractivity contribution < 1.29 is 17.9 Å². The molecule has 0 atom stereocenters. The van der Waals surface area contributed by atoms with Gasteiger partial charge in [-0.3, -0.25) is 0 Å². The third-order valence-corrected chi connectivity index (χ3v) is 3.30. The molecule has 2 nitrogen and oxygen atoms in total. The predicted molar refractivity (Wildman–Crippen MR) is 75.4 cm³/mol. The van der Waals surface area contributed by atoms with Crippen molar-refractivity contribution in [2.75, 3.05) is 25.2 Å². The Bertz CT molecular complexity index is 435. The fraction of sp³-hybridized carbons (Fsp3) is 0.571. The largest absolute Gasteiger partial charge is 0.418 e. The standard InChI is InChI=1S/C14H19ClF3NO/c1-10(2)19(6-7-20-3)13-5-4-11(9-15)8-12(13)14(16,17)18/h4-5,8,10H,6-7,9H2,1-3H3. The van der Waals surface area contributed by atoms with Gasteiger partial charge < -0.3 is 9.64 Å². The van der Waals surface area contributed by atoms with Gasteiger partial charge in [0.2, 0.25) is 0 Å². The zero-order valence-corrected chi connectivity index (χ0v) is 12.6. The van der Waals surface area contributed by atoms with Crippen LogP contribution in [0.5, 0.6) is 0 Å². The number of anilines is 1. The van der Waals surface area contributed by atoms with E-state index in [1.54, 1.807) is 11.0 Å². The number of rotatable bonds is 6. The molecule has 0 saturated heterocycles. The van der Waals surface area contributed by atoms with E-state index in [1.165, 1.54) is 13.2 Å². The Morgan fingerprint density at radius 3 is 2.40 bits per heavy atom. The summed E-state index contributed by atoms with van der Waals surface area (Å²) < 4.78 is 44.6. The van der Waals surface area contributed by atoms with Crippen LogP contribution < -0.4 is 4.90 Å². The van der Waals surface area contributed by atoms with E-state index < -0.39 is 11.7 Å². The molecule has 0 unspecified atom stereocenters. The molecule has 0 aliphatic carbocycles. The number of halogens is 4. The minimum absolute atomic E-state index is 0.0586. The molecule has 0 saturated carbocycles. The van der Waals surface area contributed by atoms with Gasteiger partial charge in [0.25, 0.3) is 0 Å². The molecular formula is C14H19ClF3NO. The molecule has 0 spiro atoms. The Morgan fingerprint density at radius 2 is 1.95 bits per heavy atom. The van der Waals surface area contributed by atoms with Gasteiger partial charge in [0.1, 0.15) is 0 Å². The molecule has 1 aromatic carbocycles. The lowest BCUT2D eigenvalue weighted by atomic mass is 10.1. The molecule has 0 N–H and O–H groups in total. The van der Waals surface area contributed by atoms with Crippen LogP contribution in [0, 0.1) is 0 Å². The van der Waals surface area contributed by atoms with Gasteiger partial charge >= 0.3 is 6.18 Å². The maximum atomic E-state index is 13.2. The van der Waals surface area contributed by atoms with Crippen LogP contribution >= 0.6 is 11.6 Å². The average molecular weight is 310 g/mol. The third kappa shape index (κ3) is 4.28. The van der Waals surface area contributed by atoms with Gasteiger partial charge in [-0.25, -0.2) is 0 Å². The molecule has 0 bridgehead atoms. The number of hydrogen-bond donors (Lipinski definition) is 0. The fourth-order valence-corrected chi connectivity index (χ4v) is 2.16. The van der Waals surface area contributed by atoms with Crippen LogP contribution in [0.15, 0.2) is 18.2 Å². The zero-order chi connectivity index (χ0) is 15.3. The highest BCUT2D eigenvalue weighted by Crippen LogP contribution is 2.38. The topological polar surface area (TPSA) is 12.5 Å². The number of benzene rings is 1. The van der Waals surface area contributed by atoms with Gasteiger partial charge in [-0.2, -0.15) is 13.2 Å². The van der Waals surface area contributed by atoms with Crippen LogP contribution in [0.4, 0.5) is 18.9 Å². The monoisotopic (exact) mass is 309 g/mol. The minimum atomic E-state index is -4.41. The van der Waals surface area contributed by atoms with Crippen molar-refractivity contribution >= 4 is 17.3 Å². The van der Waals surface area contributed by atoms with E-state index in [0.717, 1.165) is 6.07 Å². The summed E-state index contributed by atoms with van der Waals surface area (Å²) >= 11 is 5.63. The van der Waals surface area contributed by atoms with Crippen LogP contribution in [0.2, 0.25) is 0 Å². The fourth-order valence-electron chi connectivity index (χ4n) is 1.99. The first kappa shape index (κ1) is 17.1. The number of alkyl halides is 4. The molecule has 1 aromatic rings. The van der Waals surface area contributed by atoms with Gasteiger partial charge in [-0.1, -0.05) is 6.07 Å². The van der Waals surface area contributed by atoms with Crippen LogP contribution in [-0.2, 0) is 16.8 Å². The van der Waals surface area contributed by atoms with Crippen molar-refractivity contribution in [1.82, 2.24) is 0 Å². The second-order valence-electron chi connectivity index (χ2n) is 4.76. The van der Waals surface area contributed by atoms with E-state index in [2.05, 4.69) is 0 Å². The summed E-state index contributed by atoms with van der Waals surface area (Å²) in [7, 11) is 1.53. The van der Waals surface area contributed by atoms with Crippen molar-refractivity contribution in [3.8, 4) is 0 Å². The van der Waals surface area contributed by atoms with Crippen molar-refractivity contribution in [2.24, 2.45) is 0 Å². The molecule has 0 aliphatic rings. The normalized spacial score (nSPS) is 12.0. The van der Waals surface area contributed by atoms with Crippen LogP contribution in [0.3, 0.4) is 0 Å². The van der Waals surface area contributed by atoms with E-state index in [0.29, 0.717) is 18.7 Å².